The van der Waals surface area contributed by atoms with E-state index in [4.69, 9.17) is 21.1 Å². The standard InChI is InChI=1S/C14H17ClN2O2/c1-10-7-17(8-12(19-10)9-18-2)14-11(6-16)4-3-5-13(14)15/h3-5,10,12H,7-9H2,1-2H3. The zero-order valence-corrected chi connectivity index (χ0v) is 11.9. The highest BCUT2D eigenvalue weighted by molar-refractivity contribution is 6.33. The fourth-order valence-corrected chi connectivity index (χ4v) is 2.73. The minimum Gasteiger partial charge on any atom is -0.382 e. The summed E-state index contributed by atoms with van der Waals surface area (Å²) in [5.41, 5.74) is 1.39. The van der Waals surface area contributed by atoms with Crippen molar-refractivity contribution in [3.63, 3.8) is 0 Å². The smallest absolute Gasteiger partial charge is 0.101 e. The Hall–Kier alpha value is -1.28. The summed E-state index contributed by atoms with van der Waals surface area (Å²) in [7, 11) is 1.66. The van der Waals surface area contributed by atoms with Crippen molar-refractivity contribution in [3.8, 4) is 6.07 Å². The molecule has 2 unspecified atom stereocenters. The Morgan fingerprint density at radius 2 is 2.32 bits per heavy atom. The Morgan fingerprint density at radius 1 is 1.53 bits per heavy atom. The summed E-state index contributed by atoms with van der Waals surface area (Å²) in [6, 6.07) is 7.58. The number of halogens is 1. The molecule has 4 nitrogen and oxygen atoms in total. The number of methoxy groups -OCH3 is 1. The molecule has 2 rings (SSSR count). The molecule has 0 N–H and O–H groups in total. The zero-order valence-electron chi connectivity index (χ0n) is 11.1. The number of benzene rings is 1. The molecule has 0 aliphatic carbocycles. The number of para-hydroxylation sites is 1. The van der Waals surface area contributed by atoms with Crippen LogP contribution in [-0.4, -0.2) is 39.0 Å². The first-order valence-electron chi connectivity index (χ1n) is 6.23. The third kappa shape index (κ3) is 3.19. The van der Waals surface area contributed by atoms with Gasteiger partial charge in [0.25, 0.3) is 0 Å². The maximum absolute atomic E-state index is 9.22. The van der Waals surface area contributed by atoms with Crippen LogP contribution < -0.4 is 4.90 Å². The number of hydrogen-bond donors (Lipinski definition) is 0. The van der Waals surface area contributed by atoms with Crippen molar-refractivity contribution in [1.82, 2.24) is 0 Å². The molecule has 1 heterocycles. The average molecular weight is 281 g/mol. The van der Waals surface area contributed by atoms with Crippen molar-refractivity contribution in [3.05, 3.63) is 28.8 Å². The fourth-order valence-electron chi connectivity index (χ4n) is 2.43. The topological polar surface area (TPSA) is 45.5 Å². The van der Waals surface area contributed by atoms with Gasteiger partial charge in [-0.2, -0.15) is 5.26 Å². The maximum Gasteiger partial charge on any atom is 0.101 e. The van der Waals surface area contributed by atoms with E-state index in [0.29, 0.717) is 23.7 Å². The van der Waals surface area contributed by atoms with Crippen LogP contribution in [0.4, 0.5) is 5.69 Å². The molecular weight excluding hydrogens is 264 g/mol. The summed E-state index contributed by atoms with van der Waals surface area (Å²) in [5, 5.41) is 9.82. The summed E-state index contributed by atoms with van der Waals surface area (Å²) in [6.07, 6.45) is 0.0771. The number of nitrogens with zero attached hydrogens (tertiary/aromatic N) is 2. The largest absolute Gasteiger partial charge is 0.382 e. The van der Waals surface area contributed by atoms with Gasteiger partial charge in [-0.15, -0.1) is 0 Å². The van der Waals surface area contributed by atoms with Crippen LogP contribution in [0.5, 0.6) is 0 Å². The van der Waals surface area contributed by atoms with Crippen LogP contribution in [0.15, 0.2) is 18.2 Å². The van der Waals surface area contributed by atoms with E-state index < -0.39 is 0 Å². The van der Waals surface area contributed by atoms with Gasteiger partial charge >= 0.3 is 0 Å². The van der Waals surface area contributed by atoms with Gasteiger partial charge in [-0.25, -0.2) is 0 Å². The summed E-state index contributed by atoms with van der Waals surface area (Å²) in [6.45, 7) is 3.94. The number of ether oxygens (including phenoxy) is 2. The lowest BCUT2D eigenvalue weighted by atomic mass is 10.1. The summed E-state index contributed by atoms with van der Waals surface area (Å²) in [5.74, 6) is 0. The Balaban J connectivity index is 2.28. The molecule has 0 spiro atoms. The van der Waals surface area contributed by atoms with Crippen LogP contribution in [-0.2, 0) is 9.47 Å². The molecule has 0 saturated carbocycles. The van der Waals surface area contributed by atoms with Gasteiger partial charge in [-0.05, 0) is 19.1 Å². The lowest BCUT2D eigenvalue weighted by molar-refractivity contribution is -0.0510. The average Bonchev–Trinajstić information content (AvgIpc) is 2.38. The van der Waals surface area contributed by atoms with Gasteiger partial charge in [0.1, 0.15) is 6.07 Å². The monoisotopic (exact) mass is 280 g/mol. The minimum atomic E-state index is -0.00318. The second-order valence-electron chi connectivity index (χ2n) is 4.68. The van der Waals surface area contributed by atoms with Gasteiger partial charge in [-0.3, -0.25) is 0 Å². The lowest BCUT2D eigenvalue weighted by Crippen LogP contribution is -2.48. The molecule has 1 saturated heterocycles. The van der Waals surface area contributed by atoms with Crippen LogP contribution in [0, 0.1) is 11.3 Å². The number of hydrogen-bond acceptors (Lipinski definition) is 4. The molecule has 19 heavy (non-hydrogen) atoms. The molecule has 0 bridgehead atoms. The normalized spacial score (nSPS) is 23.2. The number of morpholine rings is 1. The van der Waals surface area contributed by atoms with Crippen LogP contribution in [0.25, 0.3) is 0 Å². The van der Waals surface area contributed by atoms with Crippen molar-refractivity contribution < 1.29 is 9.47 Å². The summed E-state index contributed by atoms with van der Waals surface area (Å²) < 4.78 is 11.0. The molecule has 1 aliphatic rings. The van der Waals surface area contributed by atoms with Crippen LogP contribution in [0.3, 0.4) is 0 Å². The van der Waals surface area contributed by atoms with Crippen molar-refractivity contribution >= 4 is 17.3 Å². The number of rotatable bonds is 3. The Labute approximate surface area is 118 Å². The molecule has 1 aromatic rings. The Bertz CT molecular complexity index is 487. The van der Waals surface area contributed by atoms with Gasteiger partial charge in [0, 0.05) is 20.2 Å². The van der Waals surface area contributed by atoms with Crippen molar-refractivity contribution in [1.29, 1.82) is 5.26 Å². The second-order valence-corrected chi connectivity index (χ2v) is 5.08. The molecule has 0 aromatic heterocycles. The quantitative estimate of drug-likeness (QED) is 0.853. The van der Waals surface area contributed by atoms with Crippen LogP contribution in [0.1, 0.15) is 12.5 Å². The molecule has 2 atom stereocenters. The third-order valence-electron chi connectivity index (χ3n) is 3.10. The lowest BCUT2D eigenvalue weighted by Gasteiger charge is -2.38. The SMILES string of the molecule is COCC1CN(c2c(Cl)cccc2C#N)CC(C)O1. The Morgan fingerprint density at radius 3 is 3.00 bits per heavy atom. The van der Waals surface area contributed by atoms with Gasteiger partial charge in [0.05, 0.1) is 35.1 Å². The van der Waals surface area contributed by atoms with Crippen LogP contribution in [0.2, 0.25) is 5.02 Å². The fraction of sp³-hybridized carbons (Fsp3) is 0.500. The van der Waals surface area contributed by atoms with Gasteiger partial charge in [0.15, 0.2) is 0 Å². The predicted octanol–water partition coefficient (Wildman–Crippen LogP) is 2.45. The van der Waals surface area contributed by atoms with E-state index in [-0.39, 0.29) is 12.2 Å². The highest BCUT2D eigenvalue weighted by Gasteiger charge is 2.27. The van der Waals surface area contributed by atoms with Gasteiger partial charge in [0.2, 0.25) is 0 Å². The molecule has 1 aliphatic heterocycles. The van der Waals surface area contributed by atoms with E-state index in [0.717, 1.165) is 12.2 Å². The van der Waals surface area contributed by atoms with E-state index in [2.05, 4.69) is 11.0 Å². The molecule has 0 radical (unpaired) electrons. The number of nitriles is 1. The van der Waals surface area contributed by atoms with E-state index in [1.165, 1.54) is 0 Å². The molecule has 102 valence electrons. The first-order chi connectivity index (χ1) is 9.15. The van der Waals surface area contributed by atoms with Crippen LogP contribution >= 0.6 is 11.6 Å². The van der Waals surface area contributed by atoms with Crippen molar-refractivity contribution in [2.45, 2.75) is 19.1 Å². The molecule has 0 amide bonds. The number of anilines is 1. The van der Waals surface area contributed by atoms with E-state index in [1.807, 2.05) is 13.0 Å². The van der Waals surface area contributed by atoms with Gasteiger partial charge in [-0.1, -0.05) is 17.7 Å². The zero-order chi connectivity index (χ0) is 13.8. The first kappa shape index (κ1) is 14.1. The first-order valence-corrected chi connectivity index (χ1v) is 6.61. The van der Waals surface area contributed by atoms with Crippen molar-refractivity contribution in [2.75, 3.05) is 31.7 Å². The second kappa shape index (κ2) is 6.25. The minimum absolute atomic E-state index is 0.00318. The van der Waals surface area contributed by atoms with Crippen molar-refractivity contribution in [2.24, 2.45) is 0 Å². The van der Waals surface area contributed by atoms with Gasteiger partial charge < -0.3 is 14.4 Å². The predicted molar refractivity (Wildman–Crippen MR) is 74.6 cm³/mol. The summed E-state index contributed by atoms with van der Waals surface area (Å²) >= 11 is 6.25. The third-order valence-corrected chi connectivity index (χ3v) is 3.41. The van der Waals surface area contributed by atoms with E-state index in [1.54, 1.807) is 19.2 Å². The molecule has 1 fully saturated rings. The molecular formula is C14H17ClN2O2. The molecule has 1 aromatic carbocycles. The van der Waals surface area contributed by atoms with E-state index in [9.17, 15) is 5.26 Å². The summed E-state index contributed by atoms with van der Waals surface area (Å²) in [4.78, 5) is 2.11. The highest BCUT2D eigenvalue weighted by atomic mass is 35.5. The highest BCUT2D eigenvalue weighted by Crippen LogP contribution is 2.31. The van der Waals surface area contributed by atoms with E-state index >= 15 is 0 Å². The maximum atomic E-state index is 9.22. The molecule has 5 heteroatoms. The Kier molecular flexibility index (Phi) is 4.65.